The Labute approximate surface area is 116 Å². The van der Waals surface area contributed by atoms with E-state index in [1.807, 2.05) is 6.07 Å². The molecule has 0 bridgehead atoms. The number of fused-ring (bicyclic) bond motifs is 1. The molecule has 1 aromatic heterocycles. The van der Waals surface area contributed by atoms with Crippen LogP contribution in [0, 0.1) is 0 Å². The Balaban J connectivity index is 1.94. The molecule has 0 aliphatic heterocycles. The predicted octanol–water partition coefficient (Wildman–Crippen LogP) is 4.43. The summed E-state index contributed by atoms with van der Waals surface area (Å²) in [7, 11) is 0. The van der Waals surface area contributed by atoms with Crippen molar-refractivity contribution in [2.45, 2.75) is 44.4 Å². The van der Waals surface area contributed by atoms with Gasteiger partial charge in [-0.25, -0.2) is 9.78 Å². The Morgan fingerprint density at radius 1 is 1.21 bits per heavy atom. The molecule has 0 saturated heterocycles. The van der Waals surface area contributed by atoms with Crippen LogP contribution in [0.2, 0.25) is 0 Å². The third-order valence-electron chi connectivity index (χ3n) is 3.86. The standard InChI is InChI=1S/C15H17NO2S/c17-15(18)11-7-8-12-13(9-11)19-14(16-12)10-5-3-1-2-4-6-10/h7-10H,1-6H2,(H,17,18). The average Bonchev–Trinajstić information content (AvgIpc) is 2.64. The number of carbonyl (C=O) groups is 1. The first kappa shape index (κ1) is 12.6. The number of aromatic carboxylic acids is 1. The fourth-order valence-electron chi connectivity index (χ4n) is 2.78. The number of carboxylic acid groups (broad SMARTS) is 1. The van der Waals surface area contributed by atoms with Gasteiger partial charge in [0.25, 0.3) is 0 Å². The Kier molecular flexibility index (Phi) is 3.51. The van der Waals surface area contributed by atoms with Crippen LogP contribution in [-0.2, 0) is 0 Å². The highest BCUT2D eigenvalue weighted by atomic mass is 32.1. The van der Waals surface area contributed by atoms with Crippen molar-refractivity contribution in [2.24, 2.45) is 0 Å². The van der Waals surface area contributed by atoms with E-state index in [0.29, 0.717) is 11.5 Å². The second-order valence-electron chi connectivity index (χ2n) is 5.23. The zero-order chi connectivity index (χ0) is 13.2. The van der Waals surface area contributed by atoms with Gasteiger partial charge in [0, 0.05) is 5.92 Å². The number of aromatic nitrogens is 1. The van der Waals surface area contributed by atoms with Gasteiger partial charge in [-0.15, -0.1) is 11.3 Å². The number of rotatable bonds is 2. The molecule has 1 aliphatic carbocycles. The molecule has 1 aliphatic rings. The Hall–Kier alpha value is -1.42. The highest BCUT2D eigenvalue weighted by molar-refractivity contribution is 7.18. The van der Waals surface area contributed by atoms with Crippen LogP contribution in [0.4, 0.5) is 0 Å². The van der Waals surface area contributed by atoms with Crippen LogP contribution in [0.5, 0.6) is 0 Å². The van der Waals surface area contributed by atoms with Gasteiger partial charge in [-0.05, 0) is 31.0 Å². The van der Waals surface area contributed by atoms with Gasteiger partial charge < -0.3 is 5.11 Å². The van der Waals surface area contributed by atoms with Gasteiger partial charge in [0.15, 0.2) is 0 Å². The minimum absolute atomic E-state index is 0.351. The summed E-state index contributed by atoms with van der Waals surface area (Å²) in [5.41, 5.74) is 1.29. The van der Waals surface area contributed by atoms with E-state index in [-0.39, 0.29) is 0 Å². The predicted molar refractivity (Wildman–Crippen MR) is 77.0 cm³/mol. The van der Waals surface area contributed by atoms with Crippen LogP contribution < -0.4 is 0 Å². The molecule has 0 spiro atoms. The summed E-state index contributed by atoms with van der Waals surface area (Å²) >= 11 is 1.67. The molecule has 1 fully saturated rings. The van der Waals surface area contributed by atoms with Crippen LogP contribution in [0.25, 0.3) is 10.2 Å². The number of benzene rings is 1. The number of hydrogen-bond donors (Lipinski definition) is 1. The molecule has 1 aromatic carbocycles. The first-order chi connectivity index (χ1) is 9.24. The summed E-state index contributed by atoms with van der Waals surface area (Å²) in [4.78, 5) is 15.7. The molecule has 0 radical (unpaired) electrons. The fourth-order valence-corrected chi connectivity index (χ4v) is 3.95. The second-order valence-corrected chi connectivity index (χ2v) is 6.29. The molecule has 0 atom stereocenters. The van der Waals surface area contributed by atoms with Crippen molar-refractivity contribution in [3.05, 3.63) is 28.8 Å². The minimum atomic E-state index is -0.869. The molecule has 4 heteroatoms. The van der Waals surface area contributed by atoms with Gasteiger partial charge in [-0.2, -0.15) is 0 Å². The highest BCUT2D eigenvalue weighted by Crippen LogP contribution is 2.36. The van der Waals surface area contributed by atoms with Crippen LogP contribution in [-0.4, -0.2) is 16.1 Å². The molecule has 3 rings (SSSR count). The molecule has 0 amide bonds. The van der Waals surface area contributed by atoms with E-state index in [0.717, 1.165) is 10.2 Å². The van der Waals surface area contributed by atoms with E-state index >= 15 is 0 Å². The second kappa shape index (κ2) is 5.29. The van der Waals surface area contributed by atoms with Crippen LogP contribution in [0.3, 0.4) is 0 Å². The van der Waals surface area contributed by atoms with Crippen molar-refractivity contribution in [1.82, 2.24) is 4.98 Å². The lowest BCUT2D eigenvalue weighted by Gasteiger charge is -2.09. The Morgan fingerprint density at radius 2 is 1.95 bits per heavy atom. The maximum atomic E-state index is 11.0. The molecule has 1 heterocycles. The summed E-state index contributed by atoms with van der Waals surface area (Å²) in [6, 6.07) is 5.21. The highest BCUT2D eigenvalue weighted by Gasteiger charge is 2.18. The molecule has 19 heavy (non-hydrogen) atoms. The van der Waals surface area contributed by atoms with E-state index in [1.54, 1.807) is 23.5 Å². The third-order valence-corrected chi connectivity index (χ3v) is 5.04. The van der Waals surface area contributed by atoms with Gasteiger partial charge in [0.2, 0.25) is 0 Å². The summed E-state index contributed by atoms with van der Waals surface area (Å²) in [5, 5.41) is 10.2. The summed E-state index contributed by atoms with van der Waals surface area (Å²) < 4.78 is 0.999. The van der Waals surface area contributed by atoms with Crippen LogP contribution in [0.1, 0.15) is 59.8 Å². The van der Waals surface area contributed by atoms with Crippen molar-refractivity contribution in [3.63, 3.8) is 0 Å². The van der Waals surface area contributed by atoms with Gasteiger partial charge in [0.05, 0.1) is 20.8 Å². The molecular formula is C15H17NO2S. The molecule has 1 saturated carbocycles. The first-order valence-electron chi connectivity index (χ1n) is 6.88. The van der Waals surface area contributed by atoms with Gasteiger partial charge in [-0.3, -0.25) is 0 Å². The van der Waals surface area contributed by atoms with E-state index in [9.17, 15) is 4.79 Å². The maximum absolute atomic E-state index is 11.0. The normalized spacial score (nSPS) is 17.5. The van der Waals surface area contributed by atoms with Gasteiger partial charge in [0.1, 0.15) is 0 Å². The van der Waals surface area contributed by atoms with E-state index in [4.69, 9.17) is 10.1 Å². The largest absolute Gasteiger partial charge is 0.478 e. The zero-order valence-electron chi connectivity index (χ0n) is 10.8. The molecule has 100 valence electrons. The molecule has 2 aromatic rings. The summed E-state index contributed by atoms with van der Waals surface area (Å²) in [5.74, 6) is -0.292. The quantitative estimate of drug-likeness (QED) is 0.825. The minimum Gasteiger partial charge on any atom is -0.478 e. The van der Waals surface area contributed by atoms with E-state index < -0.39 is 5.97 Å². The van der Waals surface area contributed by atoms with Crippen molar-refractivity contribution in [1.29, 1.82) is 0 Å². The smallest absolute Gasteiger partial charge is 0.335 e. The lowest BCUT2D eigenvalue weighted by Crippen LogP contribution is -1.95. The Bertz CT molecular complexity index is 597. The van der Waals surface area contributed by atoms with E-state index in [2.05, 4.69) is 0 Å². The fraction of sp³-hybridized carbons (Fsp3) is 0.467. The molecule has 0 unspecified atom stereocenters. The molecule has 3 nitrogen and oxygen atoms in total. The Morgan fingerprint density at radius 3 is 2.63 bits per heavy atom. The number of nitrogens with zero attached hydrogens (tertiary/aromatic N) is 1. The molecule has 1 N–H and O–H groups in total. The monoisotopic (exact) mass is 275 g/mol. The van der Waals surface area contributed by atoms with Crippen molar-refractivity contribution >= 4 is 27.5 Å². The summed E-state index contributed by atoms with van der Waals surface area (Å²) in [6.07, 6.45) is 7.72. The van der Waals surface area contributed by atoms with Crippen LogP contribution in [0.15, 0.2) is 18.2 Å². The zero-order valence-corrected chi connectivity index (χ0v) is 11.6. The lowest BCUT2D eigenvalue weighted by atomic mass is 10.0. The van der Waals surface area contributed by atoms with Crippen molar-refractivity contribution < 1.29 is 9.90 Å². The SMILES string of the molecule is O=C(O)c1ccc2nc(C3CCCCCC3)sc2c1. The van der Waals surface area contributed by atoms with Crippen molar-refractivity contribution in [3.8, 4) is 0 Å². The summed E-state index contributed by atoms with van der Waals surface area (Å²) in [6.45, 7) is 0. The third kappa shape index (κ3) is 2.63. The maximum Gasteiger partial charge on any atom is 0.335 e. The van der Waals surface area contributed by atoms with Crippen molar-refractivity contribution in [2.75, 3.05) is 0 Å². The van der Waals surface area contributed by atoms with E-state index in [1.165, 1.54) is 43.5 Å². The topological polar surface area (TPSA) is 50.2 Å². The van der Waals surface area contributed by atoms with Crippen LogP contribution >= 0.6 is 11.3 Å². The first-order valence-corrected chi connectivity index (χ1v) is 7.69. The van der Waals surface area contributed by atoms with Gasteiger partial charge >= 0.3 is 5.97 Å². The molecular weight excluding hydrogens is 258 g/mol. The number of carboxylic acids is 1. The lowest BCUT2D eigenvalue weighted by molar-refractivity contribution is 0.0697. The average molecular weight is 275 g/mol. The number of thiazole rings is 1. The van der Waals surface area contributed by atoms with Gasteiger partial charge in [-0.1, -0.05) is 25.7 Å². The number of hydrogen-bond acceptors (Lipinski definition) is 3.